The third-order valence-corrected chi connectivity index (χ3v) is 8.41. The van der Waals surface area contributed by atoms with Crippen LogP contribution in [0.2, 0.25) is 0 Å². The Hall–Kier alpha value is -0.140. The number of nitrogens with zero attached hydrogens (tertiary/aromatic N) is 1. The maximum absolute atomic E-state index is 12.3. The second-order valence-electron chi connectivity index (χ2n) is 7.04. The van der Waals surface area contributed by atoms with Crippen LogP contribution in [0.15, 0.2) is 0 Å². The van der Waals surface area contributed by atoms with Crippen LogP contribution in [0.5, 0.6) is 0 Å². The molecule has 0 N–H and O–H groups in total. The van der Waals surface area contributed by atoms with E-state index in [2.05, 4.69) is 0 Å². The van der Waals surface area contributed by atoms with Crippen molar-refractivity contribution in [3.63, 3.8) is 0 Å². The fourth-order valence-corrected chi connectivity index (χ4v) is 5.62. The minimum absolute atomic E-state index is 0.0421. The molecule has 0 aromatic heterocycles. The summed E-state index contributed by atoms with van der Waals surface area (Å²) in [7, 11) is -6.64. The lowest BCUT2D eigenvalue weighted by Gasteiger charge is -2.25. The zero-order valence-corrected chi connectivity index (χ0v) is 14.1. The molecule has 5 nitrogen and oxygen atoms in total. The van der Waals surface area contributed by atoms with E-state index in [1.54, 1.807) is 13.8 Å². The van der Waals surface area contributed by atoms with Gasteiger partial charge in [-0.1, -0.05) is 20.8 Å². The van der Waals surface area contributed by atoms with Gasteiger partial charge in [-0.2, -0.15) is 0 Å². The second kappa shape index (κ2) is 5.00. The fraction of sp³-hybridized carbons (Fsp3) is 1.00. The molecule has 1 rings (SSSR count). The molecule has 0 spiro atoms. The summed E-state index contributed by atoms with van der Waals surface area (Å²) in [5, 5.41) is 0. The molecule has 0 aromatic carbocycles. The van der Waals surface area contributed by atoms with E-state index in [9.17, 15) is 16.8 Å². The Labute approximate surface area is 117 Å². The Morgan fingerprint density at radius 2 is 1.68 bits per heavy atom. The van der Waals surface area contributed by atoms with Gasteiger partial charge in [-0.3, -0.25) is 0 Å². The molecule has 19 heavy (non-hydrogen) atoms. The normalized spacial score (nSPS) is 24.9. The zero-order chi connectivity index (χ0) is 15.1. The molecule has 1 saturated heterocycles. The summed E-state index contributed by atoms with van der Waals surface area (Å²) in [6, 6.07) is 0. The quantitative estimate of drug-likeness (QED) is 0.770. The van der Waals surface area contributed by atoms with Crippen molar-refractivity contribution in [1.82, 2.24) is 4.31 Å². The summed E-state index contributed by atoms with van der Waals surface area (Å²) in [5.41, 5.74) is -0.334. The summed E-state index contributed by atoms with van der Waals surface area (Å²) in [5.74, 6) is -0.0517. The molecule has 0 atom stereocenters. The summed E-state index contributed by atoms with van der Waals surface area (Å²) >= 11 is 0. The van der Waals surface area contributed by atoms with Gasteiger partial charge in [0, 0.05) is 13.1 Å². The summed E-state index contributed by atoms with van der Waals surface area (Å²) in [4.78, 5) is 0. The Bertz CT molecular complexity index is 527. The predicted molar refractivity (Wildman–Crippen MR) is 77.3 cm³/mol. The Balaban J connectivity index is 2.96. The average Bonchev–Trinajstić information content (AvgIpc) is 2.21. The van der Waals surface area contributed by atoms with Gasteiger partial charge in [0.05, 0.1) is 16.3 Å². The lowest BCUT2D eigenvalue weighted by molar-refractivity contribution is 0.391. The predicted octanol–water partition coefficient (Wildman–Crippen LogP) is 1.26. The Kier molecular flexibility index (Phi) is 4.45. The molecular weight excluding hydrogens is 286 g/mol. The van der Waals surface area contributed by atoms with Crippen molar-refractivity contribution in [2.75, 3.05) is 24.6 Å². The SMILES string of the molecule is CC(C)(C)CS(=O)(=O)N1CCC(C)(C)S(=O)(=O)CC1. The van der Waals surface area contributed by atoms with E-state index in [-0.39, 0.29) is 30.0 Å². The molecule has 0 aliphatic carbocycles. The Morgan fingerprint density at radius 1 is 1.16 bits per heavy atom. The van der Waals surface area contributed by atoms with Crippen molar-refractivity contribution < 1.29 is 16.8 Å². The van der Waals surface area contributed by atoms with Crippen molar-refractivity contribution in [1.29, 1.82) is 0 Å². The number of hydrogen-bond donors (Lipinski definition) is 0. The molecule has 114 valence electrons. The van der Waals surface area contributed by atoms with Crippen molar-refractivity contribution in [3.8, 4) is 0 Å². The van der Waals surface area contributed by atoms with Gasteiger partial charge in [-0.05, 0) is 25.7 Å². The average molecular weight is 311 g/mol. The zero-order valence-electron chi connectivity index (χ0n) is 12.4. The van der Waals surface area contributed by atoms with Gasteiger partial charge in [-0.25, -0.2) is 21.1 Å². The van der Waals surface area contributed by atoms with E-state index >= 15 is 0 Å². The van der Waals surface area contributed by atoms with E-state index in [1.165, 1.54) is 4.31 Å². The lowest BCUT2D eigenvalue weighted by atomic mass is 10.0. The molecule has 0 bridgehead atoms. The lowest BCUT2D eigenvalue weighted by Crippen LogP contribution is -2.38. The Morgan fingerprint density at radius 3 is 2.16 bits per heavy atom. The van der Waals surface area contributed by atoms with Crippen molar-refractivity contribution in [2.24, 2.45) is 5.41 Å². The molecular formula is C12H25NO4S2. The van der Waals surface area contributed by atoms with E-state index in [0.29, 0.717) is 6.42 Å². The van der Waals surface area contributed by atoms with Crippen LogP contribution in [-0.4, -0.2) is 50.5 Å². The highest BCUT2D eigenvalue weighted by molar-refractivity contribution is 7.93. The molecule has 1 aliphatic heterocycles. The largest absolute Gasteiger partial charge is 0.228 e. The highest BCUT2D eigenvalue weighted by atomic mass is 32.2. The van der Waals surface area contributed by atoms with Crippen molar-refractivity contribution in [2.45, 2.75) is 45.8 Å². The van der Waals surface area contributed by atoms with Crippen LogP contribution in [0, 0.1) is 5.41 Å². The van der Waals surface area contributed by atoms with Crippen LogP contribution < -0.4 is 0 Å². The van der Waals surface area contributed by atoms with Crippen LogP contribution in [0.4, 0.5) is 0 Å². The molecule has 0 saturated carbocycles. The molecule has 0 radical (unpaired) electrons. The molecule has 7 heteroatoms. The van der Waals surface area contributed by atoms with Crippen molar-refractivity contribution in [3.05, 3.63) is 0 Å². The minimum Gasteiger partial charge on any atom is -0.228 e. The smallest absolute Gasteiger partial charge is 0.214 e. The number of rotatable bonds is 2. The van der Waals surface area contributed by atoms with Gasteiger partial charge in [0.1, 0.15) is 0 Å². The second-order valence-corrected chi connectivity index (χ2v) is 11.8. The first-order valence-corrected chi connectivity index (χ1v) is 9.73. The molecule has 1 aliphatic rings. The highest BCUT2D eigenvalue weighted by Gasteiger charge is 2.40. The monoisotopic (exact) mass is 311 g/mol. The van der Waals surface area contributed by atoms with Crippen LogP contribution in [0.3, 0.4) is 0 Å². The van der Waals surface area contributed by atoms with Crippen LogP contribution in [-0.2, 0) is 19.9 Å². The molecule has 0 aromatic rings. The number of hydrogen-bond acceptors (Lipinski definition) is 4. The van der Waals surface area contributed by atoms with Gasteiger partial charge in [-0.15, -0.1) is 0 Å². The van der Waals surface area contributed by atoms with Crippen LogP contribution in [0.25, 0.3) is 0 Å². The standard InChI is InChI=1S/C12H25NO4S2/c1-11(2,3)10-19(16,17)13-7-6-12(4,5)18(14,15)9-8-13/h6-10H2,1-5H3. The summed E-state index contributed by atoms with van der Waals surface area (Å²) in [6.07, 6.45) is 0.346. The van der Waals surface area contributed by atoms with Gasteiger partial charge in [0.25, 0.3) is 0 Å². The third-order valence-electron chi connectivity index (χ3n) is 3.42. The van der Waals surface area contributed by atoms with E-state index in [0.717, 1.165) is 0 Å². The molecule has 1 heterocycles. The van der Waals surface area contributed by atoms with Crippen LogP contribution in [0.1, 0.15) is 41.0 Å². The maximum atomic E-state index is 12.3. The maximum Gasteiger partial charge on any atom is 0.214 e. The minimum atomic E-state index is -3.40. The highest BCUT2D eigenvalue weighted by Crippen LogP contribution is 2.27. The van der Waals surface area contributed by atoms with Crippen molar-refractivity contribution >= 4 is 19.9 Å². The molecule has 0 unspecified atom stereocenters. The summed E-state index contributed by atoms with van der Waals surface area (Å²) < 4.78 is 49.2. The number of sulfonamides is 1. The first-order valence-electron chi connectivity index (χ1n) is 6.47. The first-order chi connectivity index (χ1) is 8.27. The van der Waals surface area contributed by atoms with Crippen LogP contribution >= 0.6 is 0 Å². The van der Waals surface area contributed by atoms with E-state index < -0.39 is 24.6 Å². The van der Waals surface area contributed by atoms with E-state index in [4.69, 9.17) is 0 Å². The van der Waals surface area contributed by atoms with Gasteiger partial charge in [0.15, 0.2) is 9.84 Å². The summed E-state index contributed by atoms with van der Waals surface area (Å²) in [6.45, 7) is 9.29. The molecule has 0 amide bonds. The van der Waals surface area contributed by atoms with E-state index in [1.807, 2.05) is 20.8 Å². The first kappa shape index (κ1) is 16.9. The fourth-order valence-electron chi connectivity index (χ4n) is 2.08. The van der Waals surface area contributed by atoms with Gasteiger partial charge >= 0.3 is 0 Å². The molecule has 1 fully saturated rings. The van der Waals surface area contributed by atoms with Gasteiger partial charge < -0.3 is 0 Å². The topological polar surface area (TPSA) is 71.5 Å². The third kappa shape index (κ3) is 4.16. The van der Waals surface area contributed by atoms with Gasteiger partial charge in [0.2, 0.25) is 10.0 Å². The number of sulfone groups is 1.